The van der Waals surface area contributed by atoms with Crippen LogP contribution >= 0.6 is 15.9 Å². The molecule has 0 bridgehead atoms. The normalized spacial score (nSPS) is 12.9. The summed E-state index contributed by atoms with van der Waals surface area (Å²) >= 11 is 3.68. The molecular weight excluding hydrogens is 550 g/mol. The molecule has 0 fully saturated rings. The predicted molar refractivity (Wildman–Crippen MR) is 152 cm³/mol. The van der Waals surface area contributed by atoms with Crippen LogP contribution in [0.2, 0.25) is 25.7 Å². The Kier molecular flexibility index (Phi) is 7.02. The van der Waals surface area contributed by atoms with Crippen molar-refractivity contribution in [2.45, 2.75) is 45.4 Å². The first-order valence-electron chi connectivity index (χ1n) is 12.2. The number of nitrogens with zero attached hydrogens (tertiary/aromatic N) is 6. The Bertz CT molecular complexity index is 1600. The van der Waals surface area contributed by atoms with Gasteiger partial charge in [0.2, 0.25) is 0 Å². The maximum atomic E-state index is 13.5. The molecule has 0 saturated heterocycles. The zero-order valence-corrected chi connectivity index (χ0v) is 23.9. The topological polar surface area (TPSA) is 91.3 Å². The monoisotopic (exact) mass is 579 g/mol. The summed E-state index contributed by atoms with van der Waals surface area (Å²) in [5, 5.41) is 9.10. The van der Waals surface area contributed by atoms with Gasteiger partial charge in [-0.25, -0.2) is 14.5 Å². The van der Waals surface area contributed by atoms with Crippen LogP contribution in [0.15, 0.2) is 70.5 Å². The predicted octanol–water partition coefficient (Wildman–Crippen LogP) is 5.48. The molecule has 0 radical (unpaired) electrons. The van der Waals surface area contributed by atoms with Gasteiger partial charge in [-0.1, -0.05) is 37.8 Å². The van der Waals surface area contributed by atoms with Crippen molar-refractivity contribution >= 4 is 46.4 Å². The number of ether oxygens (including phenoxy) is 1. The van der Waals surface area contributed by atoms with E-state index in [4.69, 9.17) is 9.84 Å². The summed E-state index contributed by atoms with van der Waals surface area (Å²) in [5.41, 5.74) is 1.89. The number of fused-ring (bicyclic) bond motifs is 2. The third-order valence-electron chi connectivity index (χ3n) is 6.18. The van der Waals surface area contributed by atoms with E-state index in [2.05, 4.69) is 50.9 Å². The van der Waals surface area contributed by atoms with Crippen LogP contribution < -0.4 is 10.9 Å². The maximum absolute atomic E-state index is 13.5. The molecule has 1 unspecified atom stereocenters. The minimum atomic E-state index is -1.16. The Morgan fingerprint density at radius 2 is 1.89 bits per heavy atom. The Morgan fingerprint density at radius 1 is 1.11 bits per heavy atom. The van der Waals surface area contributed by atoms with Crippen molar-refractivity contribution in [3.63, 3.8) is 0 Å². The molecule has 0 amide bonds. The number of rotatable bonds is 9. The van der Waals surface area contributed by atoms with Crippen molar-refractivity contribution in [3.8, 4) is 5.69 Å². The van der Waals surface area contributed by atoms with Gasteiger partial charge in [-0.05, 0) is 53.2 Å². The molecule has 4 aromatic heterocycles. The van der Waals surface area contributed by atoms with Crippen LogP contribution in [0, 0.1) is 0 Å². The van der Waals surface area contributed by atoms with Gasteiger partial charge >= 0.3 is 0 Å². The molecule has 0 aliphatic rings. The quantitative estimate of drug-likeness (QED) is 0.184. The number of nitrogens with one attached hydrogen (secondary N) is 1. The van der Waals surface area contributed by atoms with Crippen LogP contribution in [-0.4, -0.2) is 43.4 Å². The van der Waals surface area contributed by atoms with Crippen molar-refractivity contribution < 1.29 is 4.74 Å². The van der Waals surface area contributed by atoms with Crippen LogP contribution in [0.1, 0.15) is 18.8 Å². The molecule has 0 aliphatic heterocycles. The zero-order chi connectivity index (χ0) is 26.2. The first-order valence-corrected chi connectivity index (χ1v) is 16.7. The summed E-state index contributed by atoms with van der Waals surface area (Å²) in [7, 11) is -1.16. The summed E-state index contributed by atoms with van der Waals surface area (Å²) in [6, 6.07) is 13.9. The van der Waals surface area contributed by atoms with Gasteiger partial charge < -0.3 is 14.6 Å². The Balaban J connectivity index is 1.48. The van der Waals surface area contributed by atoms with Crippen LogP contribution in [0.25, 0.3) is 22.2 Å². The fourth-order valence-electron chi connectivity index (χ4n) is 4.20. The Labute approximate surface area is 224 Å². The van der Waals surface area contributed by atoms with Gasteiger partial charge in [0.25, 0.3) is 5.56 Å². The molecule has 0 spiro atoms. The van der Waals surface area contributed by atoms with E-state index < -0.39 is 8.07 Å². The van der Waals surface area contributed by atoms with Crippen molar-refractivity contribution in [3.05, 3.63) is 81.8 Å². The van der Waals surface area contributed by atoms with E-state index in [0.717, 1.165) is 33.8 Å². The standard InChI is InChI=1S/C26H30BrN7O2Si/c1-18(24-31-33-12-8-11-21(33)26(35)34(24)19-9-6-5-7-10-19)30-23-22-20(27)15-32(25(22)29-16-28-23)17-36-13-14-37(2,3)4/h5-12,15-16,18H,13-14,17H2,1-4H3,(H,28,29,30). The SMILES string of the molecule is CC(Nc1ncnc2c1c(Br)cn2COCC[Si](C)(C)C)c1nn2cccc2c(=O)n1-c1ccccc1. The van der Waals surface area contributed by atoms with Crippen LogP contribution in [0.3, 0.4) is 0 Å². The number of anilines is 1. The highest BCUT2D eigenvalue weighted by molar-refractivity contribution is 9.10. The van der Waals surface area contributed by atoms with E-state index in [1.165, 1.54) is 6.33 Å². The fraction of sp³-hybridized carbons (Fsp3) is 0.308. The molecule has 1 atom stereocenters. The minimum Gasteiger partial charge on any atom is -0.361 e. The van der Waals surface area contributed by atoms with Gasteiger partial charge in [-0.2, -0.15) is 5.10 Å². The lowest BCUT2D eigenvalue weighted by Gasteiger charge is -2.20. The van der Waals surface area contributed by atoms with Crippen molar-refractivity contribution in [2.24, 2.45) is 0 Å². The number of aromatic nitrogens is 6. The van der Waals surface area contributed by atoms with E-state index in [9.17, 15) is 4.79 Å². The maximum Gasteiger partial charge on any atom is 0.282 e. The minimum absolute atomic E-state index is 0.134. The molecule has 1 N–H and O–H groups in total. The molecule has 11 heteroatoms. The smallest absolute Gasteiger partial charge is 0.282 e. The van der Waals surface area contributed by atoms with Crippen LogP contribution in [0.5, 0.6) is 0 Å². The molecular formula is C26H30BrN7O2Si. The largest absolute Gasteiger partial charge is 0.361 e. The Morgan fingerprint density at radius 3 is 2.65 bits per heavy atom. The molecule has 192 valence electrons. The molecule has 0 aliphatic carbocycles. The summed E-state index contributed by atoms with van der Waals surface area (Å²) < 4.78 is 12.1. The molecule has 4 heterocycles. The second-order valence-corrected chi connectivity index (χ2v) is 16.7. The number of hydrogen-bond donors (Lipinski definition) is 1. The van der Waals surface area contributed by atoms with Gasteiger partial charge in [-0.15, -0.1) is 0 Å². The summed E-state index contributed by atoms with van der Waals surface area (Å²) in [4.78, 5) is 22.5. The molecule has 37 heavy (non-hydrogen) atoms. The number of benzene rings is 1. The average molecular weight is 581 g/mol. The average Bonchev–Trinajstić information content (AvgIpc) is 3.47. The highest BCUT2D eigenvalue weighted by atomic mass is 79.9. The summed E-state index contributed by atoms with van der Waals surface area (Å²) in [6.07, 6.45) is 5.28. The molecule has 5 aromatic rings. The van der Waals surface area contributed by atoms with Crippen molar-refractivity contribution in [2.75, 3.05) is 11.9 Å². The second-order valence-electron chi connectivity index (χ2n) is 10.3. The van der Waals surface area contributed by atoms with Crippen molar-refractivity contribution in [1.82, 2.24) is 28.7 Å². The molecule has 1 aromatic carbocycles. The number of halogens is 1. The lowest BCUT2D eigenvalue weighted by molar-refractivity contribution is 0.0898. The highest BCUT2D eigenvalue weighted by Gasteiger charge is 2.21. The molecule has 5 rings (SSSR count). The van der Waals surface area contributed by atoms with E-state index >= 15 is 0 Å². The molecule has 9 nitrogen and oxygen atoms in total. The Hall–Kier alpha value is -3.28. The summed E-state index contributed by atoms with van der Waals surface area (Å²) in [5.74, 6) is 1.21. The van der Waals surface area contributed by atoms with E-state index in [-0.39, 0.29) is 11.6 Å². The highest BCUT2D eigenvalue weighted by Crippen LogP contribution is 2.32. The lowest BCUT2D eigenvalue weighted by atomic mass is 10.2. The number of para-hydroxylation sites is 1. The van der Waals surface area contributed by atoms with Gasteiger partial charge in [0.15, 0.2) is 5.82 Å². The first-order chi connectivity index (χ1) is 17.7. The van der Waals surface area contributed by atoms with E-state index in [1.54, 1.807) is 21.3 Å². The van der Waals surface area contributed by atoms with E-state index in [1.807, 2.05) is 54.1 Å². The fourth-order valence-corrected chi connectivity index (χ4v) is 5.57. The van der Waals surface area contributed by atoms with E-state index in [0.29, 0.717) is 23.9 Å². The third kappa shape index (κ3) is 5.24. The van der Waals surface area contributed by atoms with Gasteiger partial charge in [0.05, 0.1) is 17.1 Å². The second kappa shape index (κ2) is 10.2. The zero-order valence-electron chi connectivity index (χ0n) is 21.3. The summed E-state index contributed by atoms with van der Waals surface area (Å²) in [6.45, 7) is 10.1. The first kappa shape index (κ1) is 25.4. The molecule has 0 saturated carbocycles. The van der Waals surface area contributed by atoms with Crippen molar-refractivity contribution in [1.29, 1.82) is 0 Å². The van der Waals surface area contributed by atoms with Gasteiger partial charge in [0, 0.05) is 31.5 Å². The third-order valence-corrected chi connectivity index (χ3v) is 8.48. The lowest BCUT2D eigenvalue weighted by Crippen LogP contribution is -2.29. The van der Waals surface area contributed by atoms with Gasteiger partial charge in [-0.3, -0.25) is 9.36 Å². The number of hydrogen-bond acceptors (Lipinski definition) is 6. The van der Waals surface area contributed by atoms with Crippen LogP contribution in [-0.2, 0) is 11.5 Å². The van der Waals surface area contributed by atoms with Crippen LogP contribution in [0.4, 0.5) is 5.82 Å². The van der Waals surface area contributed by atoms with Gasteiger partial charge in [0.1, 0.15) is 30.0 Å².